The van der Waals surface area contributed by atoms with Crippen molar-refractivity contribution in [2.45, 2.75) is 26.3 Å². The Morgan fingerprint density at radius 1 is 1.41 bits per heavy atom. The molecule has 2 heteroatoms. The third-order valence-electron chi connectivity index (χ3n) is 3.32. The molecule has 1 N–H and O–H groups in total. The number of benzene rings is 1. The molecule has 1 aromatic carbocycles. The number of nitrogens with zero attached hydrogens (tertiary/aromatic N) is 1. The van der Waals surface area contributed by atoms with Gasteiger partial charge in [-0.25, -0.2) is 0 Å². The summed E-state index contributed by atoms with van der Waals surface area (Å²) in [6.45, 7) is 5.26. The minimum absolute atomic E-state index is 0.981. The molecule has 2 rings (SSSR count). The van der Waals surface area contributed by atoms with Crippen LogP contribution in [0.1, 0.15) is 24.5 Å². The molecule has 0 radical (unpaired) electrons. The van der Waals surface area contributed by atoms with Gasteiger partial charge < -0.3 is 10.2 Å². The standard InChI is InChI=1S/C15H22N2/c1-3-4-5-9-16-12-13-6-7-15-14(11-13)8-10-17(15)2/h3-4,6-7,11,16H,5,8-10,12H2,1-2H3/b4-3+. The summed E-state index contributed by atoms with van der Waals surface area (Å²) in [7, 11) is 2.17. The molecule has 0 atom stereocenters. The zero-order valence-electron chi connectivity index (χ0n) is 10.9. The van der Waals surface area contributed by atoms with Crippen molar-refractivity contribution in [2.75, 3.05) is 25.0 Å². The van der Waals surface area contributed by atoms with Crippen molar-refractivity contribution in [3.8, 4) is 0 Å². The summed E-state index contributed by atoms with van der Waals surface area (Å²) < 4.78 is 0. The molecular weight excluding hydrogens is 208 g/mol. The zero-order chi connectivity index (χ0) is 12.1. The largest absolute Gasteiger partial charge is 0.374 e. The van der Waals surface area contributed by atoms with Gasteiger partial charge in [0.1, 0.15) is 0 Å². The number of hydrogen-bond donors (Lipinski definition) is 1. The van der Waals surface area contributed by atoms with E-state index < -0.39 is 0 Å². The fraction of sp³-hybridized carbons (Fsp3) is 0.467. The van der Waals surface area contributed by atoms with E-state index in [9.17, 15) is 0 Å². The van der Waals surface area contributed by atoms with E-state index in [1.54, 1.807) is 0 Å². The Morgan fingerprint density at radius 3 is 3.12 bits per heavy atom. The summed E-state index contributed by atoms with van der Waals surface area (Å²) in [5.74, 6) is 0. The van der Waals surface area contributed by atoms with E-state index in [-0.39, 0.29) is 0 Å². The predicted octanol–water partition coefficient (Wildman–Crippen LogP) is 2.73. The van der Waals surface area contributed by atoms with E-state index >= 15 is 0 Å². The Balaban J connectivity index is 1.86. The lowest BCUT2D eigenvalue weighted by atomic mass is 10.1. The van der Waals surface area contributed by atoms with Crippen molar-refractivity contribution in [1.29, 1.82) is 0 Å². The van der Waals surface area contributed by atoms with Gasteiger partial charge in [0.25, 0.3) is 0 Å². The van der Waals surface area contributed by atoms with Crippen LogP contribution >= 0.6 is 0 Å². The summed E-state index contributed by atoms with van der Waals surface area (Å²) in [6, 6.07) is 6.84. The molecule has 1 aromatic rings. The maximum atomic E-state index is 3.47. The second-order valence-corrected chi connectivity index (χ2v) is 4.67. The second kappa shape index (κ2) is 5.87. The number of nitrogens with one attached hydrogen (secondary N) is 1. The smallest absolute Gasteiger partial charge is 0.0397 e. The van der Waals surface area contributed by atoms with Crippen molar-refractivity contribution < 1.29 is 0 Å². The molecule has 17 heavy (non-hydrogen) atoms. The number of hydrogen-bond acceptors (Lipinski definition) is 2. The highest BCUT2D eigenvalue weighted by molar-refractivity contribution is 5.58. The Labute approximate surface area is 104 Å². The fourth-order valence-electron chi connectivity index (χ4n) is 2.31. The topological polar surface area (TPSA) is 15.3 Å². The highest BCUT2D eigenvalue weighted by atomic mass is 15.1. The number of rotatable bonds is 5. The molecule has 0 saturated heterocycles. The molecule has 1 heterocycles. The van der Waals surface area contributed by atoms with Crippen molar-refractivity contribution in [3.63, 3.8) is 0 Å². The molecule has 2 nitrogen and oxygen atoms in total. The molecule has 0 saturated carbocycles. The predicted molar refractivity (Wildman–Crippen MR) is 74.6 cm³/mol. The van der Waals surface area contributed by atoms with Crippen LogP contribution in [0.3, 0.4) is 0 Å². The van der Waals surface area contributed by atoms with E-state index in [2.05, 4.69) is 54.5 Å². The minimum Gasteiger partial charge on any atom is -0.374 e. The van der Waals surface area contributed by atoms with Crippen LogP contribution in [0.2, 0.25) is 0 Å². The maximum Gasteiger partial charge on any atom is 0.0397 e. The molecular formula is C15H22N2. The summed E-state index contributed by atoms with van der Waals surface area (Å²) in [5.41, 5.74) is 4.31. The maximum absolute atomic E-state index is 3.47. The lowest BCUT2D eigenvalue weighted by molar-refractivity contribution is 0.695. The molecule has 1 aliphatic rings. The van der Waals surface area contributed by atoms with Gasteiger partial charge in [0.2, 0.25) is 0 Å². The Hall–Kier alpha value is -1.28. The summed E-state index contributed by atoms with van der Waals surface area (Å²) in [4.78, 5) is 2.33. The number of allylic oxidation sites excluding steroid dienone is 1. The van der Waals surface area contributed by atoms with E-state index in [4.69, 9.17) is 0 Å². The fourth-order valence-corrected chi connectivity index (χ4v) is 2.31. The van der Waals surface area contributed by atoms with E-state index in [0.717, 1.165) is 26.1 Å². The highest BCUT2D eigenvalue weighted by Crippen LogP contribution is 2.27. The Bertz CT molecular complexity index is 396. The quantitative estimate of drug-likeness (QED) is 0.618. The third-order valence-corrected chi connectivity index (χ3v) is 3.32. The van der Waals surface area contributed by atoms with Crippen molar-refractivity contribution in [2.24, 2.45) is 0 Å². The number of fused-ring (bicyclic) bond motifs is 1. The van der Waals surface area contributed by atoms with Gasteiger partial charge in [-0.1, -0.05) is 24.3 Å². The van der Waals surface area contributed by atoms with Gasteiger partial charge in [0, 0.05) is 25.8 Å². The van der Waals surface area contributed by atoms with Crippen molar-refractivity contribution in [1.82, 2.24) is 5.32 Å². The first-order chi connectivity index (χ1) is 8.31. The van der Waals surface area contributed by atoms with Gasteiger partial charge in [0.05, 0.1) is 0 Å². The zero-order valence-corrected chi connectivity index (χ0v) is 10.9. The van der Waals surface area contributed by atoms with Gasteiger partial charge in [-0.3, -0.25) is 0 Å². The van der Waals surface area contributed by atoms with Crippen molar-refractivity contribution in [3.05, 3.63) is 41.5 Å². The summed E-state index contributed by atoms with van der Waals surface area (Å²) in [6.07, 6.45) is 6.61. The first-order valence-corrected chi connectivity index (χ1v) is 6.46. The number of anilines is 1. The molecule has 1 aliphatic heterocycles. The minimum atomic E-state index is 0.981. The van der Waals surface area contributed by atoms with Crippen LogP contribution in [-0.2, 0) is 13.0 Å². The monoisotopic (exact) mass is 230 g/mol. The Kier molecular flexibility index (Phi) is 4.21. The van der Waals surface area contributed by atoms with Gasteiger partial charge >= 0.3 is 0 Å². The van der Waals surface area contributed by atoms with Crippen LogP contribution < -0.4 is 10.2 Å². The van der Waals surface area contributed by atoms with E-state index in [1.165, 1.54) is 23.2 Å². The average Bonchev–Trinajstić information content (AvgIpc) is 2.71. The van der Waals surface area contributed by atoms with Gasteiger partial charge in [-0.15, -0.1) is 0 Å². The van der Waals surface area contributed by atoms with Crippen LogP contribution in [0, 0.1) is 0 Å². The molecule has 0 unspecified atom stereocenters. The van der Waals surface area contributed by atoms with Crippen LogP contribution in [0.5, 0.6) is 0 Å². The Morgan fingerprint density at radius 2 is 2.29 bits per heavy atom. The highest BCUT2D eigenvalue weighted by Gasteiger charge is 2.14. The van der Waals surface area contributed by atoms with Gasteiger partial charge in [-0.05, 0) is 43.5 Å². The molecule has 0 fully saturated rings. The normalized spacial score (nSPS) is 14.6. The SMILES string of the molecule is C/C=C/CCNCc1ccc2c(c1)CCN2C. The summed E-state index contributed by atoms with van der Waals surface area (Å²) >= 11 is 0. The van der Waals surface area contributed by atoms with Crippen LogP contribution in [0.15, 0.2) is 30.4 Å². The molecule has 0 aliphatic carbocycles. The summed E-state index contributed by atoms with van der Waals surface area (Å²) in [5, 5.41) is 3.47. The molecule has 92 valence electrons. The van der Waals surface area contributed by atoms with Crippen LogP contribution in [-0.4, -0.2) is 20.1 Å². The molecule has 0 bridgehead atoms. The second-order valence-electron chi connectivity index (χ2n) is 4.67. The third kappa shape index (κ3) is 3.10. The van der Waals surface area contributed by atoms with Gasteiger partial charge in [0.15, 0.2) is 0 Å². The van der Waals surface area contributed by atoms with Gasteiger partial charge in [-0.2, -0.15) is 0 Å². The molecule has 0 spiro atoms. The number of likely N-dealkylation sites (N-methyl/N-ethyl adjacent to an activating group) is 1. The van der Waals surface area contributed by atoms with E-state index in [0.29, 0.717) is 0 Å². The average molecular weight is 230 g/mol. The van der Waals surface area contributed by atoms with Crippen LogP contribution in [0.4, 0.5) is 5.69 Å². The lowest BCUT2D eigenvalue weighted by Crippen LogP contribution is -2.14. The molecule has 0 aromatic heterocycles. The van der Waals surface area contributed by atoms with Crippen molar-refractivity contribution >= 4 is 5.69 Å². The van der Waals surface area contributed by atoms with E-state index in [1.807, 2.05) is 0 Å². The first kappa shape index (κ1) is 12.2. The van der Waals surface area contributed by atoms with Crippen LogP contribution in [0.25, 0.3) is 0 Å². The first-order valence-electron chi connectivity index (χ1n) is 6.46. The molecule has 0 amide bonds. The lowest BCUT2D eigenvalue weighted by Gasteiger charge is -2.12.